The molecule has 0 aromatic carbocycles. The second kappa shape index (κ2) is 48.2. The lowest BCUT2D eigenvalue weighted by atomic mass is 10.0. The largest absolute Gasteiger partial charge is 0.380 e. The van der Waals surface area contributed by atoms with Crippen LogP contribution in [0.1, 0.15) is 240 Å². The number of rotatable bonds is 49. The summed E-state index contributed by atoms with van der Waals surface area (Å²) in [5.74, 6) is -0.459. The first kappa shape index (κ1) is 61.3. The van der Waals surface area contributed by atoms with Crippen molar-refractivity contribution in [3.63, 3.8) is 0 Å². The Balaban J connectivity index is 3.95. The van der Waals surface area contributed by atoms with Crippen molar-refractivity contribution in [3.8, 4) is 0 Å². The lowest BCUT2D eigenvalue weighted by Crippen LogP contribution is -2.47. The Morgan fingerprint density at radius 2 is 0.719 bits per heavy atom. The fourth-order valence-corrected chi connectivity index (χ4v) is 7.68. The number of hydrogen-bond acceptors (Lipinski definition) is 7. The van der Waals surface area contributed by atoms with E-state index in [2.05, 4.69) is 40.4 Å². The normalized spacial score (nSPS) is 11.7. The highest BCUT2D eigenvalue weighted by Gasteiger charge is 2.22. The Kier molecular flexibility index (Phi) is 46.2. The van der Waals surface area contributed by atoms with Gasteiger partial charge in [-0.05, 0) is 38.0 Å². The lowest BCUT2D eigenvalue weighted by Gasteiger charge is -2.19. The summed E-state index contributed by atoms with van der Waals surface area (Å²) in [6.45, 7) is 11.9. The Morgan fingerprint density at radius 3 is 1.11 bits per heavy atom. The summed E-state index contributed by atoms with van der Waals surface area (Å²) >= 11 is 0. The van der Waals surface area contributed by atoms with Gasteiger partial charge in [-0.15, -0.1) is 0 Å². The zero-order valence-corrected chi connectivity index (χ0v) is 42.0. The van der Waals surface area contributed by atoms with Gasteiger partial charge in [0.15, 0.2) is 0 Å². The Labute approximate surface area is 392 Å². The van der Waals surface area contributed by atoms with Crippen LogP contribution in [0.4, 0.5) is 0 Å². The smallest absolute Gasteiger partial charge is 0.242 e. The third kappa shape index (κ3) is 45.8. The molecule has 5 N–H and O–H groups in total. The Hall–Kier alpha value is -2.73. The van der Waals surface area contributed by atoms with Crippen LogP contribution >= 0.6 is 0 Å². The molecule has 12 nitrogen and oxygen atoms in total. The number of nitrogens with one attached hydrogen (secondary N) is 5. The average molecular weight is 908 g/mol. The number of ether oxygens (including phenoxy) is 2. The predicted molar refractivity (Wildman–Crippen MR) is 264 cm³/mol. The van der Waals surface area contributed by atoms with E-state index >= 15 is 0 Å². The molecule has 0 aliphatic carbocycles. The third-order valence-corrected chi connectivity index (χ3v) is 11.6. The molecular formula is C52H101N5O7. The molecule has 0 spiro atoms. The van der Waals surface area contributed by atoms with E-state index in [4.69, 9.17) is 9.47 Å². The van der Waals surface area contributed by atoms with Gasteiger partial charge in [-0.1, -0.05) is 182 Å². The van der Waals surface area contributed by atoms with Crippen LogP contribution in [0.5, 0.6) is 0 Å². The molecule has 1 atom stereocenters. The second-order valence-electron chi connectivity index (χ2n) is 18.5. The molecular weight excluding hydrogens is 807 g/mol. The van der Waals surface area contributed by atoms with Crippen molar-refractivity contribution in [2.45, 2.75) is 246 Å². The first-order valence-electron chi connectivity index (χ1n) is 26.7. The van der Waals surface area contributed by atoms with Crippen molar-refractivity contribution < 1.29 is 33.4 Å². The highest BCUT2D eigenvalue weighted by Crippen LogP contribution is 2.14. The zero-order valence-electron chi connectivity index (χ0n) is 42.0. The summed E-state index contributed by atoms with van der Waals surface area (Å²) in [5, 5.41) is 14.4. The second-order valence-corrected chi connectivity index (χ2v) is 18.5. The highest BCUT2D eigenvalue weighted by atomic mass is 16.5. The third-order valence-electron chi connectivity index (χ3n) is 11.6. The standard InChI is InChI=1S/C52H101N5O7/c1-5-7-9-11-13-15-17-19-21-23-25-27-29-33-48(58)54-39-43-63-41-31-37-53-50(60)36-35-47(57-51(61)45-46(3)4)52(62)56-38-32-42-64-44-40-55-49(59)34-30-28-26-24-22-20-18-16-14-12-10-8-6-2/h46-47H,5-45H2,1-4H3,(H,53,60)(H,54,58)(H,55,59)(H,56,62)(H,57,61)/t47-/m0/s1. The molecule has 0 saturated carbocycles. The quantitative estimate of drug-likeness (QED) is 0.0379. The fourth-order valence-electron chi connectivity index (χ4n) is 7.68. The van der Waals surface area contributed by atoms with E-state index in [1.165, 1.54) is 141 Å². The van der Waals surface area contributed by atoms with Gasteiger partial charge >= 0.3 is 0 Å². The van der Waals surface area contributed by atoms with Crippen LogP contribution in [0.3, 0.4) is 0 Å². The minimum atomic E-state index is -0.814. The molecule has 0 aromatic heterocycles. The van der Waals surface area contributed by atoms with Crippen molar-refractivity contribution in [1.82, 2.24) is 26.6 Å². The SMILES string of the molecule is CCCCCCCCCCCCCCCC(=O)NCCOCCCNC(=O)CC[C@H](NC(=O)CC(C)C)C(=O)NCCCOCCNC(=O)CCCCCCCCCCCCCCC. The first-order chi connectivity index (χ1) is 31.2. The lowest BCUT2D eigenvalue weighted by molar-refractivity contribution is -0.130. The van der Waals surface area contributed by atoms with Gasteiger partial charge in [0.1, 0.15) is 6.04 Å². The molecule has 0 heterocycles. The average Bonchev–Trinajstić information content (AvgIpc) is 3.26. The maximum absolute atomic E-state index is 13.0. The van der Waals surface area contributed by atoms with Crippen LogP contribution in [0.15, 0.2) is 0 Å². The van der Waals surface area contributed by atoms with E-state index < -0.39 is 6.04 Å². The van der Waals surface area contributed by atoms with E-state index in [1.807, 2.05) is 13.8 Å². The van der Waals surface area contributed by atoms with E-state index in [1.54, 1.807) is 0 Å². The van der Waals surface area contributed by atoms with Crippen molar-refractivity contribution in [2.75, 3.05) is 52.6 Å². The maximum atomic E-state index is 13.0. The summed E-state index contributed by atoms with van der Waals surface area (Å²) in [4.78, 5) is 62.4. The van der Waals surface area contributed by atoms with E-state index in [-0.39, 0.29) is 48.3 Å². The van der Waals surface area contributed by atoms with E-state index in [0.717, 1.165) is 25.7 Å². The molecule has 5 amide bonds. The molecule has 0 aromatic rings. The number of unbranched alkanes of at least 4 members (excludes halogenated alkanes) is 24. The minimum Gasteiger partial charge on any atom is -0.380 e. The van der Waals surface area contributed by atoms with Gasteiger partial charge in [0.2, 0.25) is 29.5 Å². The number of amides is 5. The maximum Gasteiger partial charge on any atom is 0.242 e. The fraction of sp³-hybridized carbons (Fsp3) is 0.904. The zero-order chi connectivity index (χ0) is 47.0. The van der Waals surface area contributed by atoms with Crippen LogP contribution in [-0.4, -0.2) is 88.2 Å². The molecule has 0 rings (SSSR count). The van der Waals surface area contributed by atoms with Gasteiger partial charge < -0.3 is 36.1 Å². The highest BCUT2D eigenvalue weighted by molar-refractivity contribution is 5.88. The van der Waals surface area contributed by atoms with Gasteiger partial charge in [0, 0.05) is 65.1 Å². The first-order valence-corrected chi connectivity index (χ1v) is 26.7. The van der Waals surface area contributed by atoms with Crippen molar-refractivity contribution in [3.05, 3.63) is 0 Å². The predicted octanol–water partition coefficient (Wildman–Crippen LogP) is 10.5. The summed E-state index contributed by atoms with van der Waals surface area (Å²) in [6, 6.07) is -0.814. The number of carbonyl (C=O) groups is 5. The molecule has 12 heteroatoms. The van der Waals surface area contributed by atoms with Gasteiger partial charge in [-0.3, -0.25) is 24.0 Å². The van der Waals surface area contributed by atoms with Crippen LogP contribution in [0.25, 0.3) is 0 Å². The molecule has 0 fully saturated rings. The topological polar surface area (TPSA) is 164 Å². The van der Waals surface area contributed by atoms with Crippen molar-refractivity contribution in [1.29, 1.82) is 0 Å². The molecule has 0 unspecified atom stereocenters. The number of hydrogen-bond donors (Lipinski definition) is 5. The Bertz CT molecular complexity index is 1110. The monoisotopic (exact) mass is 908 g/mol. The van der Waals surface area contributed by atoms with Crippen LogP contribution < -0.4 is 26.6 Å². The molecule has 0 radical (unpaired) electrons. The van der Waals surface area contributed by atoms with Gasteiger partial charge in [0.25, 0.3) is 0 Å². The summed E-state index contributed by atoms with van der Waals surface area (Å²) in [6.07, 6.45) is 36.3. The molecule has 0 bridgehead atoms. The van der Waals surface area contributed by atoms with Crippen LogP contribution in [0, 0.1) is 5.92 Å². The van der Waals surface area contributed by atoms with Gasteiger partial charge in [-0.25, -0.2) is 0 Å². The summed E-state index contributed by atoms with van der Waals surface area (Å²) in [7, 11) is 0. The number of carbonyl (C=O) groups excluding carboxylic acids is 5. The van der Waals surface area contributed by atoms with Crippen LogP contribution in [0.2, 0.25) is 0 Å². The van der Waals surface area contributed by atoms with Crippen molar-refractivity contribution >= 4 is 29.5 Å². The van der Waals surface area contributed by atoms with E-state index in [9.17, 15) is 24.0 Å². The summed E-state index contributed by atoms with van der Waals surface area (Å²) < 4.78 is 11.3. The van der Waals surface area contributed by atoms with Gasteiger partial charge in [0.05, 0.1) is 13.2 Å². The van der Waals surface area contributed by atoms with E-state index in [0.29, 0.717) is 84.7 Å². The summed E-state index contributed by atoms with van der Waals surface area (Å²) in [5.41, 5.74) is 0. The van der Waals surface area contributed by atoms with Gasteiger partial charge in [-0.2, -0.15) is 0 Å². The Morgan fingerprint density at radius 1 is 0.375 bits per heavy atom. The molecule has 0 aliphatic heterocycles. The molecule has 64 heavy (non-hydrogen) atoms. The molecule has 0 saturated heterocycles. The molecule has 376 valence electrons. The minimum absolute atomic E-state index is 0.0654. The van der Waals surface area contributed by atoms with Crippen LogP contribution in [-0.2, 0) is 33.4 Å². The van der Waals surface area contributed by atoms with Crippen molar-refractivity contribution in [2.24, 2.45) is 5.92 Å². The molecule has 0 aliphatic rings.